The molecular formula is C5H5F3N4O2. The zero-order valence-corrected chi connectivity index (χ0v) is 6.56. The van der Waals surface area contributed by atoms with E-state index in [9.17, 15) is 13.2 Å². The van der Waals surface area contributed by atoms with Crippen molar-refractivity contribution in [1.82, 2.24) is 15.4 Å². The molecule has 6 nitrogen and oxygen atoms in total. The normalized spacial score (nSPS) is 9.93. The monoisotopic (exact) mass is 210 g/mol. The second-order valence-electron chi connectivity index (χ2n) is 1.88. The smallest absolute Gasteiger partial charge is 0.475 e. The minimum Gasteiger partial charge on any atom is -0.475 e. The minimum absolute atomic E-state index is 0.537. The number of carbonyl (C=O) groups is 1. The highest BCUT2D eigenvalue weighted by atomic mass is 19.4. The summed E-state index contributed by atoms with van der Waals surface area (Å²) < 4.78 is 31.7. The van der Waals surface area contributed by atoms with Gasteiger partial charge in [0.2, 0.25) is 0 Å². The minimum atomic E-state index is -5.08. The summed E-state index contributed by atoms with van der Waals surface area (Å²) in [6, 6.07) is 0. The number of halogens is 3. The van der Waals surface area contributed by atoms with Crippen molar-refractivity contribution in [2.45, 2.75) is 6.18 Å². The quantitative estimate of drug-likeness (QED) is 0.628. The Labute approximate surface area is 75.6 Å². The lowest BCUT2D eigenvalue weighted by Crippen LogP contribution is -2.21. The van der Waals surface area contributed by atoms with Crippen LogP contribution in [0.2, 0.25) is 0 Å². The molecule has 0 saturated heterocycles. The van der Waals surface area contributed by atoms with E-state index in [1.165, 1.54) is 12.4 Å². The van der Waals surface area contributed by atoms with E-state index < -0.39 is 12.1 Å². The van der Waals surface area contributed by atoms with Crippen molar-refractivity contribution in [2.24, 2.45) is 0 Å². The summed E-state index contributed by atoms with van der Waals surface area (Å²) in [5, 5.41) is 17.2. The third-order valence-electron chi connectivity index (χ3n) is 0.759. The number of alkyl halides is 3. The predicted octanol–water partition coefficient (Wildman–Crippen LogP) is 0.0871. The molecule has 0 radical (unpaired) electrons. The lowest BCUT2D eigenvalue weighted by molar-refractivity contribution is -0.192. The Morgan fingerprint density at radius 1 is 1.36 bits per heavy atom. The van der Waals surface area contributed by atoms with Gasteiger partial charge in [0.1, 0.15) is 0 Å². The Morgan fingerprint density at radius 3 is 1.86 bits per heavy atom. The molecule has 0 aliphatic carbocycles. The molecule has 14 heavy (non-hydrogen) atoms. The molecule has 1 aromatic heterocycles. The topological polar surface area (TPSA) is 102 Å². The Kier molecular flexibility index (Phi) is 4.26. The standard InChI is InChI=1S/C3H4N4.C2HF3O2/c4-3-1-5-7-6-2-3;3-2(4,5)1(6)7/h1-2H,(H2,4,7);(H,6,7). The largest absolute Gasteiger partial charge is 0.490 e. The fourth-order valence-corrected chi connectivity index (χ4v) is 0.248. The summed E-state index contributed by atoms with van der Waals surface area (Å²) in [6.45, 7) is 0. The molecule has 0 bridgehead atoms. The molecule has 0 unspecified atom stereocenters. The van der Waals surface area contributed by atoms with Crippen LogP contribution >= 0.6 is 0 Å². The van der Waals surface area contributed by atoms with Crippen LogP contribution in [0.15, 0.2) is 12.4 Å². The fraction of sp³-hybridized carbons (Fsp3) is 0.200. The van der Waals surface area contributed by atoms with Crippen LogP contribution in [0.4, 0.5) is 18.9 Å². The number of aromatic nitrogens is 3. The van der Waals surface area contributed by atoms with Crippen molar-refractivity contribution < 1.29 is 23.1 Å². The van der Waals surface area contributed by atoms with Gasteiger partial charge in [-0.05, 0) is 5.21 Å². The molecule has 1 aromatic rings. The molecule has 1 rings (SSSR count). The van der Waals surface area contributed by atoms with Gasteiger partial charge in [-0.2, -0.15) is 13.2 Å². The second kappa shape index (κ2) is 4.94. The summed E-state index contributed by atoms with van der Waals surface area (Å²) in [5.74, 6) is -2.76. The Morgan fingerprint density at radius 2 is 1.71 bits per heavy atom. The molecule has 3 N–H and O–H groups in total. The van der Waals surface area contributed by atoms with Crippen molar-refractivity contribution in [1.29, 1.82) is 0 Å². The zero-order chi connectivity index (χ0) is 11.2. The van der Waals surface area contributed by atoms with E-state index in [4.69, 9.17) is 15.6 Å². The van der Waals surface area contributed by atoms with E-state index in [1.807, 2.05) is 0 Å². The highest BCUT2D eigenvalue weighted by Crippen LogP contribution is 2.13. The van der Waals surface area contributed by atoms with Gasteiger partial charge in [0.15, 0.2) is 0 Å². The van der Waals surface area contributed by atoms with Gasteiger partial charge in [-0.1, -0.05) is 0 Å². The van der Waals surface area contributed by atoms with Crippen molar-refractivity contribution in [2.75, 3.05) is 5.73 Å². The number of hydrogen-bond acceptors (Lipinski definition) is 5. The summed E-state index contributed by atoms with van der Waals surface area (Å²) in [5.41, 5.74) is 5.73. The van der Waals surface area contributed by atoms with Crippen molar-refractivity contribution in [3.8, 4) is 0 Å². The van der Waals surface area contributed by atoms with Crippen LogP contribution < -0.4 is 5.73 Å². The van der Waals surface area contributed by atoms with Crippen LogP contribution in [0.3, 0.4) is 0 Å². The van der Waals surface area contributed by atoms with Crippen molar-refractivity contribution in [3.63, 3.8) is 0 Å². The maximum absolute atomic E-state index is 10.6. The molecule has 0 aromatic carbocycles. The van der Waals surface area contributed by atoms with E-state index in [0.29, 0.717) is 5.69 Å². The van der Waals surface area contributed by atoms with Gasteiger partial charge in [0.05, 0.1) is 18.1 Å². The lowest BCUT2D eigenvalue weighted by atomic mass is 10.6. The van der Waals surface area contributed by atoms with Crippen LogP contribution in [0, 0.1) is 0 Å². The zero-order valence-electron chi connectivity index (χ0n) is 6.56. The van der Waals surface area contributed by atoms with E-state index in [0.717, 1.165) is 0 Å². The molecular weight excluding hydrogens is 205 g/mol. The Balaban J connectivity index is 0.000000241. The molecule has 0 spiro atoms. The number of carboxylic acids is 1. The van der Waals surface area contributed by atoms with Gasteiger partial charge < -0.3 is 10.8 Å². The number of nitrogens with zero attached hydrogens (tertiary/aromatic N) is 3. The summed E-state index contributed by atoms with van der Waals surface area (Å²) in [4.78, 5) is 8.90. The molecule has 0 fully saturated rings. The average molecular weight is 210 g/mol. The summed E-state index contributed by atoms with van der Waals surface area (Å²) >= 11 is 0. The first-order valence-electron chi connectivity index (χ1n) is 3.03. The van der Waals surface area contributed by atoms with E-state index >= 15 is 0 Å². The number of rotatable bonds is 0. The number of anilines is 1. The van der Waals surface area contributed by atoms with Gasteiger partial charge in [0, 0.05) is 0 Å². The summed E-state index contributed by atoms with van der Waals surface area (Å²) in [6.07, 6.45) is -2.21. The van der Waals surface area contributed by atoms with Crippen LogP contribution in [-0.4, -0.2) is 32.7 Å². The number of nitrogen functional groups attached to an aromatic ring is 1. The maximum atomic E-state index is 10.6. The second-order valence-corrected chi connectivity index (χ2v) is 1.88. The van der Waals surface area contributed by atoms with Gasteiger partial charge in [0.25, 0.3) is 0 Å². The summed E-state index contributed by atoms with van der Waals surface area (Å²) in [7, 11) is 0. The molecule has 0 aliphatic rings. The van der Waals surface area contributed by atoms with Crippen LogP contribution in [0.25, 0.3) is 0 Å². The van der Waals surface area contributed by atoms with Crippen molar-refractivity contribution in [3.05, 3.63) is 12.4 Å². The fourth-order valence-electron chi connectivity index (χ4n) is 0.248. The molecule has 1 heterocycles. The third-order valence-corrected chi connectivity index (χ3v) is 0.759. The molecule has 78 valence electrons. The number of nitrogens with two attached hydrogens (primary N) is 1. The van der Waals surface area contributed by atoms with Crippen LogP contribution in [0.1, 0.15) is 0 Å². The first kappa shape index (κ1) is 12.1. The molecule has 0 aliphatic heterocycles. The molecule has 0 amide bonds. The average Bonchev–Trinajstić information content (AvgIpc) is 2.04. The van der Waals surface area contributed by atoms with Gasteiger partial charge in [-0.15, -0.1) is 10.2 Å². The number of hydrogen-bond donors (Lipinski definition) is 2. The van der Waals surface area contributed by atoms with E-state index in [2.05, 4.69) is 15.4 Å². The Hall–Kier alpha value is -1.93. The highest BCUT2D eigenvalue weighted by Gasteiger charge is 2.38. The van der Waals surface area contributed by atoms with Gasteiger partial charge in [-0.3, -0.25) is 0 Å². The van der Waals surface area contributed by atoms with Gasteiger partial charge >= 0.3 is 12.1 Å². The first-order valence-corrected chi connectivity index (χ1v) is 3.03. The lowest BCUT2D eigenvalue weighted by Gasteiger charge is -1.93. The van der Waals surface area contributed by atoms with E-state index in [-0.39, 0.29) is 0 Å². The Bertz CT molecular complexity index is 289. The van der Waals surface area contributed by atoms with Gasteiger partial charge in [-0.25, -0.2) is 4.79 Å². The van der Waals surface area contributed by atoms with Crippen LogP contribution in [0.5, 0.6) is 0 Å². The number of aliphatic carboxylic acids is 1. The molecule has 9 heteroatoms. The first-order chi connectivity index (χ1) is 6.34. The molecule has 0 saturated carbocycles. The third kappa shape index (κ3) is 5.69. The van der Waals surface area contributed by atoms with E-state index in [1.54, 1.807) is 0 Å². The maximum Gasteiger partial charge on any atom is 0.490 e. The number of carboxylic acid groups (broad SMARTS) is 1. The predicted molar refractivity (Wildman–Crippen MR) is 37.9 cm³/mol. The molecule has 0 atom stereocenters. The van der Waals surface area contributed by atoms with Crippen LogP contribution in [-0.2, 0) is 4.79 Å². The SMILES string of the molecule is Nc1cnnnc1.O=C(O)C(F)(F)F. The highest BCUT2D eigenvalue weighted by molar-refractivity contribution is 5.73. The van der Waals surface area contributed by atoms with Crippen molar-refractivity contribution >= 4 is 11.7 Å².